The van der Waals surface area contributed by atoms with E-state index in [1.807, 2.05) is 11.8 Å². The fourth-order valence-corrected chi connectivity index (χ4v) is 2.06. The average molecular weight is 331 g/mol. The third-order valence-corrected chi connectivity index (χ3v) is 2.87. The van der Waals surface area contributed by atoms with Crippen LogP contribution in [0.5, 0.6) is 0 Å². The second-order valence-electron chi connectivity index (χ2n) is 2.92. The van der Waals surface area contributed by atoms with E-state index < -0.39 is 0 Å². The smallest absolute Gasteiger partial charge is 0.191 e. The number of aliphatic hydroxyl groups is 1. The lowest BCUT2D eigenvalue weighted by Gasteiger charge is -2.27. The SMILES string of the molecule is I.NC(=NCCCO)N1CCSCC1. The fraction of sp³-hybridized carbons (Fsp3) is 0.875. The van der Waals surface area contributed by atoms with Crippen molar-refractivity contribution in [1.82, 2.24) is 4.90 Å². The predicted octanol–water partition coefficient (Wildman–Crippen LogP) is 0.350. The number of aliphatic imine (C=N–C) groups is 1. The molecule has 14 heavy (non-hydrogen) atoms. The van der Waals surface area contributed by atoms with Gasteiger partial charge in [-0.1, -0.05) is 0 Å². The molecule has 0 spiro atoms. The molecule has 1 heterocycles. The van der Waals surface area contributed by atoms with Crippen molar-refractivity contribution in [3.8, 4) is 0 Å². The number of halogens is 1. The van der Waals surface area contributed by atoms with Gasteiger partial charge in [0.25, 0.3) is 0 Å². The third kappa shape index (κ3) is 5.26. The molecule has 1 rings (SSSR count). The topological polar surface area (TPSA) is 61.9 Å². The van der Waals surface area contributed by atoms with Crippen LogP contribution in [0.15, 0.2) is 4.99 Å². The quantitative estimate of drug-likeness (QED) is 0.339. The molecule has 0 aromatic carbocycles. The lowest BCUT2D eigenvalue weighted by Crippen LogP contribution is -2.42. The van der Waals surface area contributed by atoms with Crippen molar-refractivity contribution in [3.63, 3.8) is 0 Å². The highest BCUT2D eigenvalue weighted by molar-refractivity contribution is 14.0. The van der Waals surface area contributed by atoms with Crippen molar-refractivity contribution in [3.05, 3.63) is 0 Å². The van der Waals surface area contributed by atoms with Gasteiger partial charge in [0, 0.05) is 37.7 Å². The normalized spacial score (nSPS) is 17.8. The van der Waals surface area contributed by atoms with Crippen LogP contribution in [0, 0.1) is 0 Å². The molecule has 1 aliphatic heterocycles. The van der Waals surface area contributed by atoms with Crippen LogP contribution in [0.25, 0.3) is 0 Å². The van der Waals surface area contributed by atoms with E-state index in [0.29, 0.717) is 18.9 Å². The summed E-state index contributed by atoms with van der Waals surface area (Å²) in [5.41, 5.74) is 5.77. The summed E-state index contributed by atoms with van der Waals surface area (Å²) in [4.78, 5) is 6.29. The second kappa shape index (κ2) is 8.60. The van der Waals surface area contributed by atoms with Crippen molar-refractivity contribution >= 4 is 41.7 Å². The maximum absolute atomic E-state index is 8.56. The van der Waals surface area contributed by atoms with Crippen molar-refractivity contribution in [2.75, 3.05) is 37.7 Å². The van der Waals surface area contributed by atoms with E-state index in [2.05, 4.69) is 9.89 Å². The van der Waals surface area contributed by atoms with Crippen molar-refractivity contribution in [2.24, 2.45) is 10.7 Å². The summed E-state index contributed by atoms with van der Waals surface area (Å²) in [6.45, 7) is 2.82. The monoisotopic (exact) mass is 331 g/mol. The van der Waals surface area contributed by atoms with E-state index in [4.69, 9.17) is 10.8 Å². The predicted molar refractivity (Wildman–Crippen MR) is 72.5 cm³/mol. The Morgan fingerprint density at radius 1 is 1.43 bits per heavy atom. The van der Waals surface area contributed by atoms with Gasteiger partial charge < -0.3 is 15.7 Å². The molecular weight excluding hydrogens is 313 g/mol. The Balaban J connectivity index is 0.00000169. The molecule has 0 unspecified atom stereocenters. The van der Waals surface area contributed by atoms with Crippen LogP contribution < -0.4 is 5.73 Å². The van der Waals surface area contributed by atoms with Crippen LogP contribution in [-0.4, -0.2) is 53.7 Å². The Morgan fingerprint density at radius 3 is 2.64 bits per heavy atom. The summed E-state index contributed by atoms with van der Waals surface area (Å²) in [7, 11) is 0. The van der Waals surface area contributed by atoms with Crippen LogP contribution in [0.1, 0.15) is 6.42 Å². The molecule has 0 amide bonds. The van der Waals surface area contributed by atoms with Crippen molar-refractivity contribution in [2.45, 2.75) is 6.42 Å². The fourth-order valence-electron chi connectivity index (χ4n) is 1.16. The first kappa shape index (κ1) is 14.3. The van der Waals surface area contributed by atoms with Gasteiger partial charge in [0.1, 0.15) is 0 Å². The first-order valence-corrected chi connectivity index (χ1v) is 5.73. The van der Waals surface area contributed by atoms with E-state index in [0.717, 1.165) is 24.6 Å². The Labute approximate surface area is 106 Å². The number of nitrogens with two attached hydrogens (primary N) is 1. The Hall–Kier alpha value is 0.310. The maximum Gasteiger partial charge on any atom is 0.191 e. The molecule has 6 heteroatoms. The first-order valence-electron chi connectivity index (χ1n) is 4.58. The van der Waals surface area contributed by atoms with Crippen LogP contribution in [-0.2, 0) is 0 Å². The summed E-state index contributed by atoms with van der Waals surface area (Å²) in [5, 5.41) is 8.56. The van der Waals surface area contributed by atoms with Gasteiger partial charge >= 0.3 is 0 Å². The van der Waals surface area contributed by atoms with E-state index in [1.54, 1.807) is 0 Å². The van der Waals surface area contributed by atoms with Crippen molar-refractivity contribution < 1.29 is 5.11 Å². The highest BCUT2D eigenvalue weighted by Crippen LogP contribution is 2.08. The molecule has 0 aromatic heterocycles. The Morgan fingerprint density at radius 2 is 2.07 bits per heavy atom. The third-order valence-electron chi connectivity index (χ3n) is 1.93. The minimum absolute atomic E-state index is 0. The van der Waals surface area contributed by atoms with Gasteiger partial charge in [0.15, 0.2) is 5.96 Å². The van der Waals surface area contributed by atoms with Crippen LogP contribution in [0.2, 0.25) is 0 Å². The van der Waals surface area contributed by atoms with Crippen LogP contribution in [0.4, 0.5) is 0 Å². The molecule has 1 saturated heterocycles. The summed E-state index contributed by atoms with van der Waals surface area (Å²) >= 11 is 1.95. The average Bonchev–Trinajstić information content (AvgIpc) is 2.19. The zero-order valence-corrected chi connectivity index (χ0v) is 11.3. The van der Waals surface area contributed by atoms with Gasteiger partial charge in [-0.3, -0.25) is 4.99 Å². The number of aliphatic hydroxyl groups excluding tert-OH is 1. The van der Waals surface area contributed by atoms with Gasteiger partial charge in [0.2, 0.25) is 0 Å². The van der Waals surface area contributed by atoms with Crippen molar-refractivity contribution in [1.29, 1.82) is 0 Å². The van der Waals surface area contributed by atoms with Gasteiger partial charge in [0.05, 0.1) is 0 Å². The highest BCUT2D eigenvalue weighted by Gasteiger charge is 2.11. The summed E-state index contributed by atoms with van der Waals surface area (Å²) < 4.78 is 0. The number of guanidine groups is 1. The number of rotatable bonds is 3. The summed E-state index contributed by atoms with van der Waals surface area (Å²) in [5.74, 6) is 2.90. The zero-order valence-electron chi connectivity index (χ0n) is 8.19. The van der Waals surface area contributed by atoms with Crippen LogP contribution in [0.3, 0.4) is 0 Å². The molecule has 1 fully saturated rings. The summed E-state index contributed by atoms with van der Waals surface area (Å²) in [6.07, 6.45) is 0.698. The van der Waals surface area contributed by atoms with Gasteiger partial charge in [-0.15, -0.1) is 24.0 Å². The molecule has 0 bridgehead atoms. The van der Waals surface area contributed by atoms with Gasteiger partial charge in [-0.05, 0) is 6.42 Å². The Kier molecular flexibility index (Phi) is 8.80. The largest absolute Gasteiger partial charge is 0.396 e. The van der Waals surface area contributed by atoms with E-state index >= 15 is 0 Å². The minimum Gasteiger partial charge on any atom is -0.396 e. The molecule has 0 aliphatic carbocycles. The number of thioether (sulfide) groups is 1. The molecule has 0 saturated carbocycles. The standard InChI is InChI=1S/C8H17N3OS.HI/c9-8(10-2-1-5-12)11-3-6-13-7-4-11;/h12H,1-7H2,(H2,9,10);1H. The molecule has 0 atom stereocenters. The maximum atomic E-state index is 8.56. The minimum atomic E-state index is 0. The molecule has 0 radical (unpaired) electrons. The van der Waals surface area contributed by atoms with E-state index in [9.17, 15) is 0 Å². The molecule has 3 N–H and O–H groups in total. The molecule has 0 aromatic rings. The number of hydrogen-bond donors (Lipinski definition) is 2. The Bertz CT molecular complexity index is 174. The molecule has 1 aliphatic rings. The van der Waals surface area contributed by atoms with E-state index in [1.165, 1.54) is 0 Å². The molecular formula is C8H18IN3OS. The molecule has 4 nitrogen and oxygen atoms in total. The first-order chi connectivity index (χ1) is 6.34. The molecule has 84 valence electrons. The zero-order chi connectivity index (χ0) is 9.52. The number of hydrogen-bond acceptors (Lipinski definition) is 3. The number of nitrogens with zero attached hydrogens (tertiary/aromatic N) is 2. The van der Waals surface area contributed by atoms with Gasteiger partial charge in [-0.2, -0.15) is 11.8 Å². The van der Waals surface area contributed by atoms with Gasteiger partial charge in [-0.25, -0.2) is 0 Å². The lowest BCUT2D eigenvalue weighted by molar-refractivity contribution is 0.291. The lowest BCUT2D eigenvalue weighted by atomic mass is 10.4. The van der Waals surface area contributed by atoms with Crippen LogP contribution >= 0.6 is 35.7 Å². The second-order valence-corrected chi connectivity index (χ2v) is 4.14. The highest BCUT2D eigenvalue weighted by atomic mass is 127. The van der Waals surface area contributed by atoms with E-state index in [-0.39, 0.29) is 30.6 Å². The summed E-state index contributed by atoms with van der Waals surface area (Å²) in [6, 6.07) is 0.